The van der Waals surface area contributed by atoms with Crippen molar-refractivity contribution in [1.29, 1.82) is 0 Å². The lowest BCUT2D eigenvalue weighted by Crippen LogP contribution is -2.31. The number of fused-ring (bicyclic) bond motifs is 1. The van der Waals surface area contributed by atoms with E-state index in [1.54, 1.807) is 0 Å². The number of rotatable bonds is 3. The van der Waals surface area contributed by atoms with E-state index < -0.39 is 0 Å². The van der Waals surface area contributed by atoms with Crippen LogP contribution in [0.25, 0.3) is 0 Å². The Bertz CT molecular complexity index is 635. The molecule has 1 aromatic heterocycles. The van der Waals surface area contributed by atoms with Gasteiger partial charge in [0, 0.05) is 43.5 Å². The molecule has 4 heteroatoms. The van der Waals surface area contributed by atoms with Crippen LogP contribution in [0.3, 0.4) is 0 Å². The third kappa shape index (κ3) is 2.89. The van der Waals surface area contributed by atoms with Crippen LogP contribution in [0.2, 0.25) is 0 Å². The van der Waals surface area contributed by atoms with E-state index in [0.29, 0.717) is 6.04 Å². The number of nitrogens with one attached hydrogen (secondary N) is 1. The van der Waals surface area contributed by atoms with Crippen molar-refractivity contribution in [3.8, 4) is 0 Å². The van der Waals surface area contributed by atoms with Crippen LogP contribution in [-0.2, 0) is 19.5 Å². The number of hydrogen-bond donors (Lipinski definition) is 1. The van der Waals surface area contributed by atoms with Crippen LogP contribution < -0.4 is 5.32 Å². The smallest absolute Gasteiger partial charge is 0.145 e. The molecule has 1 atom stereocenters. The zero-order valence-electron chi connectivity index (χ0n) is 12.8. The molecule has 2 aliphatic rings. The maximum Gasteiger partial charge on any atom is 0.145 e. The summed E-state index contributed by atoms with van der Waals surface area (Å²) in [5, 5.41) is 3.49. The molecule has 1 fully saturated rings. The Morgan fingerprint density at radius 3 is 2.95 bits per heavy atom. The molecule has 1 aromatic carbocycles. The molecule has 2 aromatic rings. The molecule has 114 valence electrons. The highest BCUT2D eigenvalue weighted by atomic mass is 15.1. The van der Waals surface area contributed by atoms with Crippen molar-refractivity contribution >= 4 is 0 Å². The summed E-state index contributed by atoms with van der Waals surface area (Å²) < 4.78 is 0. The van der Waals surface area contributed by atoms with E-state index in [-0.39, 0.29) is 0 Å². The van der Waals surface area contributed by atoms with Gasteiger partial charge in [-0.15, -0.1) is 0 Å². The second kappa shape index (κ2) is 6.15. The molecule has 2 aliphatic heterocycles. The number of hydrogen-bond acceptors (Lipinski definition) is 4. The summed E-state index contributed by atoms with van der Waals surface area (Å²) in [6.45, 7) is 4.14. The average molecular weight is 294 g/mol. The van der Waals surface area contributed by atoms with Gasteiger partial charge < -0.3 is 5.32 Å². The molecular weight excluding hydrogens is 272 g/mol. The molecule has 4 rings (SSSR count). The zero-order valence-corrected chi connectivity index (χ0v) is 12.8. The van der Waals surface area contributed by atoms with E-state index in [4.69, 9.17) is 4.98 Å². The molecule has 0 radical (unpaired) electrons. The highest BCUT2D eigenvalue weighted by Gasteiger charge is 2.23. The average Bonchev–Trinajstić information content (AvgIpc) is 3.10. The summed E-state index contributed by atoms with van der Waals surface area (Å²) in [4.78, 5) is 11.9. The first kappa shape index (κ1) is 13.9. The topological polar surface area (TPSA) is 41.1 Å². The summed E-state index contributed by atoms with van der Waals surface area (Å²) in [6, 6.07) is 11.0. The van der Waals surface area contributed by atoms with Crippen molar-refractivity contribution in [2.45, 2.75) is 38.4 Å². The van der Waals surface area contributed by atoms with Crippen molar-refractivity contribution in [2.75, 3.05) is 13.1 Å². The lowest BCUT2D eigenvalue weighted by Gasteiger charge is -2.28. The predicted molar refractivity (Wildman–Crippen MR) is 86.3 cm³/mol. The largest absolute Gasteiger partial charge is 0.307 e. The Morgan fingerprint density at radius 1 is 1.23 bits per heavy atom. The predicted octanol–water partition coefficient (Wildman–Crippen LogP) is 2.46. The van der Waals surface area contributed by atoms with Gasteiger partial charge in [-0.05, 0) is 24.9 Å². The fourth-order valence-corrected chi connectivity index (χ4v) is 3.44. The van der Waals surface area contributed by atoms with E-state index in [1.165, 1.54) is 29.7 Å². The SMILES string of the molecule is c1ccc(CN2CCc3nc([C@H]4CCCN4)ncc3C2)cc1. The maximum absolute atomic E-state index is 4.84. The summed E-state index contributed by atoms with van der Waals surface area (Å²) in [5.74, 6) is 0.993. The molecule has 0 bridgehead atoms. The van der Waals surface area contributed by atoms with Crippen molar-refractivity contribution in [2.24, 2.45) is 0 Å². The van der Waals surface area contributed by atoms with Crippen molar-refractivity contribution in [3.05, 3.63) is 59.2 Å². The van der Waals surface area contributed by atoms with Crippen LogP contribution in [0.1, 0.15) is 41.5 Å². The highest BCUT2D eigenvalue weighted by molar-refractivity contribution is 5.22. The van der Waals surface area contributed by atoms with Gasteiger partial charge in [-0.25, -0.2) is 9.97 Å². The van der Waals surface area contributed by atoms with Gasteiger partial charge in [0.15, 0.2) is 0 Å². The summed E-state index contributed by atoms with van der Waals surface area (Å²) in [7, 11) is 0. The van der Waals surface area contributed by atoms with E-state index in [0.717, 1.165) is 38.4 Å². The number of nitrogens with zero attached hydrogens (tertiary/aromatic N) is 3. The molecule has 3 heterocycles. The monoisotopic (exact) mass is 294 g/mol. The summed E-state index contributed by atoms with van der Waals surface area (Å²) in [6.07, 6.45) is 5.48. The molecule has 4 nitrogen and oxygen atoms in total. The number of benzene rings is 1. The highest BCUT2D eigenvalue weighted by Crippen LogP contribution is 2.23. The summed E-state index contributed by atoms with van der Waals surface area (Å²) in [5.41, 5.74) is 3.92. The maximum atomic E-state index is 4.84. The minimum absolute atomic E-state index is 0.368. The molecule has 0 amide bonds. The molecule has 22 heavy (non-hydrogen) atoms. The van der Waals surface area contributed by atoms with Gasteiger partial charge in [0.2, 0.25) is 0 Å². The van der Waals surface area contributed by atoms with Gasteiger partial charge in [0.1, 0.15) is 5.82 Å². The third-order valence-corrected chi connectivity index (χ3v) is 4.65. The van der Waals surface area contributed by atoms with Crippen LogP contribution in [-0.4, -0.2) is 28.0 Å². The first-order chi connectivity index (χ1) is 10.9. The van der Waals surface area contributed by atoms with Crippen molar-refractivity contribution < 1.29 is 0 Å². The van der Waals surface area contributed by atoms with Crippen LogP contribution in [0, 0.1) is 0 Å². The van der Waals surface area contributed by atoms with Gasteiger partial charge in [-0.1, -0.05) is 30.3 Å². The van der Waals surface area contributed by atoms with E-state index >= 15 is 0 Å². The van der Waals surface area contributed by atoms with Gasteiger partial charge in [0.25, 0.3) is 0 Å². The van der Waals surface area contributed by atoms with E-state index in [9.17, 15) is 0 Å². The Hall–Kier alpha value is -1.78. The number of aromatic nitrogens is 2. The van der Waals surface area contributed by atoms with Gasteiger partial charge in [-0.2, -0.15) is 0 Å². The Morgan fingerprint density at radius 2 is 2.14 bits per heavy atom. The second-order valence-corrected chi connectivity index (χ2v) is 6.30. The van der Waals surface area contributed by atoms with Crippen LogP contribution >= 0.6 is 0 Å². The van der Waals surface area contributed by atoms with Gasteiger partial charge >= 0.3 is 0 Å². The first-order valence-electron chi connectivity index (χ1n) is 8.23. The van der Waals surface area contributed by atoms with E-state index in [2.05, 4.69) is 51.7 Å². The van der Waals surface area contributed by atoms with Crippen LogP contribution in [0.4, 0.5) is 0 Å². The Balaban J connectivity index is 1.47. The normalized spacial score (nSPS) is 21.7. The molecule has 0 aliphatic carbocycles. The van der Waals surface area contributed by atoms with Gasteiger partial charge in [0.05, 0.1) is 6.04 Å². The third-order valence-electron chi connectivity index (χ3n) is 4.65. The van der Waals surface area contributed by atoms with Crippen molar-refractivity contribution in [1.82, 2.24) is 20.2 Å². The minimum Gasteiger partial charge on any atom is -0.307 e. The zero-order chi connectivity index (χ0) is 14.8. The van der Waals surface area contributed by atoms with Crippen molar-refractivity contribution in [3.63, 3.8) is 0 Å². The molecule has 0 unspecified atom stereocenters. The first-order valence-corrected chi connectivity index (χ1v) is 8.23. The fraction of sp³-hybridized carbons (Fsp3) is 0.444. The fourth-order valence-electron chi connectivity index (χ4n) is 3.44. The molecule has 1 saturated heterocycles. The molecule has 0 spiro atoms. The molecule has 1 N–H and O–H groups in total. The van der Waals surface area contributed by atoms with Gasteiger partial charge in [-0.3, -0.25) is 4.90 Å². The van der Waals surface area contributed by atoms with Crippen LogP contribution in [0.15, 0.2) is 36.5 Å². The quantitative estimate of drug-likeness (QED) is 0.944. The van der Waals surface area contributed by atoms with Crippen LogP contribution in [0.5, 0.6) is 0 Å². The summed E-state index contributed by atoms with van der Waals surface area (Å²) >= 11 is 0. The Kier molecular flexibility index (Phi) is 3.87. The second-order valence-electron chi connectivity index (χ2n) is 6.30. The lowest BCUT2D eigenvalue weighted by atomic mass is 10.1. The molecule has 0 saturated carbocycles. The van der Waals surface area contributed by atoms with E-state index in [1.807, 2.05) is 0 Å². The minimum atomic E-state index is 0.368. The standard InChI is InChI=1S/C18H22N4/c1-2-5-14(6-3-1)12-22-10-8-16-15(13-22)11-20-18(21-16)17-7-4-9-19-17/h1-3,5-6,11,17,19H,4,7-10,12-13H2/t17-/m1/s1. The molecular formula is C18H22N4. The lowest BCUT2D eigenvalue weighted by molar-refractivity contribution is 0.242. The Labute approximate surface area is 131 Å².